The molecule has 0 amide bonds. The Labute approximate surface area is 146 Å². The average Bonchev–Trinajstić information content (AvgIpc) is 3.09. The van der Waals surface area contributed by atoms with Crippen molar-refractivity contribution >= 4 is 10.0 Å². The summed E-state index contributed by atoms with van der Waals surface area (Å²) in [6.07, 6.45) is 0.150. The van der Waals surface area contributed by atoms with Gasteiger partial charge >= 0.3 is 6.18 Å². The molecule has 1 N–H and O–H groups in total. The molecule has 11 heteroatoms. The van der Waals surface area contributed by atoms with Gasteiger partial charge in [0.15, 0.2) is 0 Å². The van der Waals surface area contributed by atoms with E-state index in [1.165, 1.54) is 10.9 Å². The van der Waals surface area contributed by atoms with E-state index < -0.39 is 21.8 Å². The van der Waals surface area contributed by atoms with Crippen LogP contribution >= 0.6 is 0 Å². The van der Waals surface area contributed by atoms with Crippen molar-refractivity contribution < 1.29 is 21.6 Å². The van der Waals surface area contributed by atoms with E-state index in [-0.39, 0.29) is 11.4 Å². The summed E-state index contributed by atoms with van der Waals surface area (Å²) in [6, 6.07) is 6.69. The Morgan fingerprint density at radius 2 is 1.85 bits per heavy atom. The molecule has 0 unspecified atom stereocenters. The molecule has 0 bridgehead atoms. The first-order valence-electron chi connectivity index (χ1n) is 7.24. The van der Waals surface area contributed by atoms with E-state index in [2.05, 4.69) is 20.0 Å². The fraction of sp³-hybridized carbons (Fsp3) is 0.133. The van der Waals surface area contributed by atoms with E-state index in [1.54, 1.807) is 24.5 Å². The smallest absolute Gasteiger partial charge is 0.262 e. The second-order valence-electron chi connectivity index (χ2n) is 5.21. The van der Waals surface area contributed by atoms with E-state index >= 15 is 0 Å². The summed E-state index contributed by atoms with van der Waals surface area (Å²) in [5.74, 6) is 0. The lowest BCUT2D eigenvalue weighted by molar-refractivity contribution is -0.137. The summed E-state index contributed by atoms with van der Waals surface area (Å²) in [5, 5.41) is 7.71. The van der Waals surface area contributed by atoms with Crippen LogP contribution < -0.4 is 4.72 Å². The van der Waals surface area contributed by atoms with E-state index in [1.807, 2.05) is 0 Å². The Hall–Kier alpha value is -2.79. The number of alkyl halides is 3. The normalized spacial score (nSPS) is 12.3. The molecular formula is C15H12F3N5O2S. The predicted octanol–water partition coefficient (Wildman–Crippen LogP) is 2.16. The number of benzene rings is 1. The second kappa shape index (κ2) is 6.84. The molecule has 0 atom stereocenters. The van der Waals surface area contributed by atoms with Crippen LogP contribution in [0.1, 0.15) is 11.3 Å². The van der Waals surface area contributed by atoms with Crippen LogP contribution in [0.4, 0.5) is 13.2 Å². The Kier molecular flexibility index (Phi) is 4.74. The number of aromatic nitrogens is 4. The fourth-order valence-corrected chi connectivity index (χ4v) is 3.07. The molecule has 0 spiro atoms. The number of sulfonamides is 1. The molecule has 3 rings (SSSR count). The minimum atomic E-state index is -4.53. The Balaban J connectivity index is 1.70. The third-order valence-electron chi connectivity index (χ3n) is 3.39. The average molecular weight is 383 g/mol. The molecular weight excluding hydrogens is 371 g/mol. The van der Waals surface area contributed by atoms with Gasteiger partial charge in [-0.3, -0.25) is 4.98 Å². The monoisotopic (exact) mass is 383 g/mol. The predicted molar refractivity (Wildman–Crippen MR) is 84.6 cm³/mol. The first-order chi connectivity index (χ1) is 12.3. The summed E-state index contributed by atoms with van der Waals surface area (Å²) in [5.41, 5.74) is 0.0667. The van der Waals surface area contributed by atoms with Crippen LogP contribution in [0.15, 0.2) is 59.9 Å². The van der Waals surface area contributed by atoms with Crippen LogP contribution in [0.25, 0.3) is 5.69 Å². The highest BCUT2D eigenvalue weighted by Gasteiger charge is 2.30. The van der Waals surface area contributed by atoms with Gasteiger partial charge in [-0.25, -0.2) is 17.8 Å². The number of hydrogen-bond donors (Lipinski definition) is 1. The maximum Gasteiger partial charge on any atom is 0.416 e. The number of nitrogens with zero attached hydrogens (tertiary/aromatic N) is 4. The summed E-state index contributed by atoms with van der Waals surface area (Å²) >= 11 is 0. The maximum atomic E-state index is 12.5. The van der Waals surface area contributed by atoms with E-state index in [0.717, 1.165) is 12.1 Å². The zero-order valence-corrected chi connectivity index (χ0v) is 13.9. The van der Waals surface area contributed by atoms with Gasteiger partial charge in [-0.15, -0.1) is 5.10 Å². The zero-order valence-electron chi connectivity index (χ0n) is 13.1. The maximum absolute atomic E-state index is 12.5. The summed E-state index contributed by atoms with van der Waals surface area (Å²) in [4.78, 5) is 3.67. The lowest BCUT2D eigenvalue weighted by Gasteiger charge is -2.08. The van der Waals surface area contributed by atoms with Crippen LogP contribution in [-0.4, -0.2) is 28.4 Å². The molecule has 0 fully saturated rings. The number of nitrogens with one attached hydrogen (secondary N) is 1. The fourth-order valence-electron chi connectivity index (χ4n) is 2.07. The van der Waals surface area contributed by atoms with E-state index in [9.17, 15) is 21.6 Å². The molecule has 136 valence electrons. The molecule has 3 aromatic rings. The van der Waals surface area contributed by atoms with Gasteiger partial charge in [-0.1, -0.05) is 5.21 Å². The third-order valence-corrected chi connectivity index (χ3v) is 4.80. The van der Waals surface area contributed by atoms with Gasteiger partial charge in [-0.2, -0.15) is 13.2 Å². The number of rotatable bonds is 5. The molecule has 26 heavy (non-hydrogen) atoms. The van der Waals surface area contributed by atoms with Crippen molar-refractivity contribution in [1.82, 2.24) is 24.7 Å². The molecule has 0 aliphatic carbocycles. The molecule has 1 aromatic carbocycles. The van der Waals surface area contributed by atoms with Gasteiger partial charge in [-0.05, 0) is 36.4 Å². The van der Waals surface area contributed by atoms with Gasteiger partial charge in [0.1, 0.15) is 0 Å². The summed E-state index contributed by atoms with van der Waals surface area (Å²) in [7, 11) is -3.98. The Morgan fingerprint density at radius 1 is 1.12 bits per heavy atom. The molecule has 0 aliphatic heterocycles. The van der Waals surface area contributed by atoms with Crippen LogP contribution in [0, 0.1) is 0 Å². The third kappa shape index (κ3) is 4.06. The molecule has 0 saturated carbocycles. The number of halogens is 3. The molecule has 7 nitrogen and oxygen atoms in total. The lowest BCUT2D eigenvalue weighted by atomic mass is 10.2. The highest BCUT2D eigenvalue weighted by atomic mass is 32.2. The molecule has 0 saturated heterocycles. The van der Waals surface area contributed by atoms with Crippen molar-refractivity contribution in [3.05, 3.63) is 66.2 Å². The van der Waals surface area contributed by atoms with E-state index in [4.69, 9.17) is 0 Å². The van der Waals surface area contributed by atoms with Crippen LogP contribution in [0.5, 0.6) is 0 Å². The van der Waals surface area contributed by atoms with Gasteiger partial charge in [0.25, 0.3) is 0 Å². The van der Waals surface area contributed by atoms with Crippen molar-refractivity contribution in [2.45, 2.75) is 17.6 Å². The number of hydrogen-bond acceptors (Lipinski definition) is 5. The minimum Gasteiger partial charge on any atom is -0.262 e. The van der Waals surface area contributed by atoms with Crippen LogP contribution in [-0.2, 0) is 22.7 Å². The largest absolute Gasteiger partial charge is 0.416 e. The zero-order chi connectivity index (χ0) is 18.8. The number of pyridine rings is 1. The first-order valence-corrected chi connectivity index (χ1v) is 8.72. The highest BCUT2D eigenvalue weighted by molar-refractivity contribution is 7.89. The van der Waals surface area contributed by atoms with Gasteiger partial charge in [0, 0.05) is 6.20 Å². The van der Waals surface area contributed by atoms with Gasteiger partial charge in [0.05, 0.1) is 40.8 Å². The molecule has 2 heterocycles. The summed E-state index contributed by atoms with van der Waals surface area (Å²) < 4.78 is 65.7. The van der Waals surface area contributed by atoms with Crippen molar-refractivity contribution in [3.63, 3.8) is 0 Å². The van der Waals surface area contributed by atoms with Crippen molar-refractivity contribution in [2.75, 3.05) is 0 Å². The molecule has 0 aliphatic rings. The van der Waals surface area contributed by atoms with Gasteiger partial charge in [0.2, 0.25) is 10.0 Å². The Morgan fingerprint density at radius 3 is 2.46 bits per heavy atom. The minimum absolute atomic E-state index is 0.163. The van der Waals surface area contributed by atoms with Crippen LogP contribution in [0.3, 0.4) is 0 Å². The summed E-state index contributed by atoms with van der Waals surface area (Å²) in [6.45, 7) is -0.163. The second-order valence-corrected chi connectivity index (χ2v) is 6.98. The van der Waals surface area contributed by atoms with E-state index in [0.29, 0.717) is 23.5 Å². The topological polar surface area (TPSA) is 89.8 Å². The van der Waals surface area contributed by atoms with Crippen molar-refractivity contribution in [1.29, 1.82) is 0 Å². The van der Waals surface area contributed by atoms with Gasteiger partial charge < -0.3 is 0 Å². The molecule has 0 radical (unpaired) electrons. The SMILES string of the molecule is O=S(=O)(NCc1cn(-c2cccnc2)nn1)c1ccc(C(F)(F)F)cc1. The quantitative estimate of drug-likeness (QED) is 0.729. The lowest BCUT2D eigenvalue weighted by Crippen LogP contribution is -2.23. The molecule has 2 aromatic heterocycles. The van der Waals surface area contributed by atoms with Crippen molar-refractivity contribution in [3.8, 4) is 5.69 Å². The van der Waals surface area contributed by atoms with Crippen LogP contribution in [0.2, 0.25) is 0 Å². The first kappa shape index (κ1) is 18.0. The highest BCUT2D eigenvalue weighted by Crippen LogP contribution is 2.29. The van der Waals surface area contributed by atoms with Crippen molar-refractivity contribution in [2.24, 2.45) is 0 Å². The Bertz CT molecular complexity index is 986. The standard InChI is InChI=1S/C15H12F3N5O2S/c16-15(17,18)11-3-5-14(6-4-11)26(24,25)20-8-12-10-23(22-21-12)13-2-1-7-19-9-13/h1-7,9-10,20H,8H2.